The fourth-order valence-electron chi connectivity index (χ4n) is 2.75. The molecule has 0 aliphatic rings. The molecular formula is C21H22N4O4. The molecule has 0 saturated carbocycles. The molecule has 2 N–H and O–H groups in total. The highest BCUT2D eigenvalue weighted by Gasteiger charge is 2.19. The Hall–Kier alpha value is -3.81. The maximum atomic E-state index is 12.5. The third-order valence-electron chi connectivity index (χ3n) is 4.11. The molecule has 2 aromatic heterocycles. The van der Waals surface area contributed by atoms with E-state index < -0.39 is 11.8 Å². The number of nitrogens with zero attached hydrogens (tertiary/aromatic N) is 2. The lowest BCUT2D eigenvalue weighted by Gasteiger charge is -2.09. The third-order valence-corrected chi connectivity index (χ3v) is 4.11. The van der Waals surface area contributed by atoms with Crippen molar-refractivity contribution in [2.24, 2.45) is 7.05 Å². The van der Waals surface area contributed by atoms with Crippen molar-refractivity contribution in [3.63, 3.8) is 0 Å². The van der Waals surface area contributed by atoms with Crippen molar-refractivity contribution in [1.82, 2.24) is 15.1 Å². The van der Waals surface area contributed by atoms with E-state index in [1.54, 1.807) is 25.4 Å². The topological polar surface area (TPSA) is 98.4 Å². The minimum atomic E-state index is -0.485. The number of para-hydroxylation sites is 1. The van der Waals surface area contributed by atoms with Crippen LogP contribution in [0.15, 0.2) is 59.7 Å². The molecule has 1 aromatic carbocycles. The second-order valence-corrected chi connectivity index (χ2v) is 6.25. The number of allylic oxidation sites excluding steroid dienone is 1. The smallest absolute Gasteiger partial charge is 0.291 e. The summed E-state index contributed by atoms with van der Waals surface area (Å²) in [4.78, 5) is 24.4. The molecule has 0 atom stereocenters. The minimum absolute atomic E-state index is 0.106. The van der Waals surface area contributed by atoms with Crippen LogP contribution >= 0.6 is 0 Å². The van der Waals surface area contributed by atoms with Crippen molar-refractivity contribution in [3.8, 4) is 5.75 Å². The second-order valence-electron chi connectivity index (χ2n) is 6.25. The molecule has 29 heavy (non-hydrogen) atoms. The molecule has 0 saturated heterocycles. The van der Waals surface area contributed by atoms with Crippen LogP contribution in [-0.2, 0) is 20.1 Å². The number of anilines is 1. The van der Waals surface area contributed by atoms with Crippen LogP contribution in [0, 0.1) is 0 Å². The van der Waals surface area contributed by atoms with Crippen LogP contribution in [0.25, 0.3) is 0 Å². The first-order valence-corrected chi connectivity index (χ1v) is 8.99. The van der Waals surface area contributed by atoms with E-state index in [0.717, 1.165) is 11.3 Å². The van der Waals surface area contributed by atoms with Gasteiger partial charge in [-0.25, -0.2) is 0 Å². The molecule has 150 valence electrons. The predicted octanol–water partition coefficient (Wildman–Crippen LogP) is 2.93. The first-order valence-electron chi connectivity index (χ1n) is 8.99. The zero-order valence-electron chi connectivity index (χ0n) is 16.3. The standard InChI is InChI=1S/C21H22N4O4/c1-4-7-14-8-5-6-9-17(14)28-13-15-10-11-18(29-15)20(26)23-16-12-25(3)24-19(16)21(27)22-2/h4-6,8-12H,1,7,13H2,2-3H3,(H,22,27)(H,23,26). The molecule has 0 bridgehead atoms. The number of hydrogen-bond donors (Lipinski definition) is 2. The van der Waals surface area contributed by atoms with E-state index in [1.165, 1.54) is 11.7 Å². The lowest BCUT2D eigenvalue weighted by atomic mass is 10.1. The van der Waals surface area contributed by atoms with Crippen molar-refractivity contribution in [1.29, 1.82) is 0 Å². The van der Waals surface area contributed by atoms with Gasteiger partial charge in [-0.1, -0.05) is 24.3 Å². The van der Waals surface area contributed by atoms with Crippen LogP contribution in [0.2, 0.25) is 0 Å². The van der Waals surface area contributed by atoms with Gasteiger partial charge in [-0.2, -0.15) is 5.10 Å². The number of hydrogen-bond acceptors (Lipinski definition) is 5. The van der Waals surface area contributed by atoms with Crippen molar-refractivity contribution in [2.45, 2.75) is 13.0 Å². The quantitative estimate of drug-likeness (QED) is 0.573. The number of rotatable bonds is 8. The average Bonchev–Trinajstić information content (AvgIpc) is 3.33. The highest BCUT2D eigenvalue weighted by Crippen LogP contribution is 2.21. The van der Waals surface area contributed by atoms with Crippen LogP contribution in [-0.4, -0.2) is 28.6 Å². The molecule has 0 radical (unpaired) electrons. The first-order chi connectivity index (χ1) is 14.0. The molecule has 2 heterocycles. The zero-order chi connectivity index (χ0) is 20.8. The molecule has 3 aromatic rings. The van der Waals surface area contributed by atoms with E-state index in [2.05, 4.69) is 22.3 Å². The summed E-state index contributed by atoms with van der Waals surface area (Å²) in [7, 11) is 3.16. The summed E-state index contributed by atoms with van der Waals surface area (Å²) >= 11 is 0. The molecule has 2 amide bonds. The summed E-state index contributed by atoms with van der Waals surface area (Å²) in [6.45, 7) is 3.93. The van der Waals surface area contributed by atoms with Crippen molar-refractivity contribution >= 4 is 17.5 Å². The maximum Gasteiger partial charge on any atom is 0.291 e. The molecule has 8 nitrogen and oxygen atoms in total. The van der Waals surface area contributed by atoms with Gasteiger partial charge in [0.2, 0.25) is 0 Å². The molecule has 0 spiro atoms. The summed E-state index contributed by atoms with van der Waals surface area (Å²) in [5.74, 6) is 0.463. The fourth-order valence-corrected chi connectivity index (χ4v) is 2.75. The van der Waals surface area contributed by atoms with Crippen LogP contribution in [0.5, 0.6) is 5.75 Å². The molecular weight excluding hydrogens is 372 g/mol. The van der Waals surface area contributed by atoms with Crippen molar-refractivity contribution < 1.29 is 18.7 Å². The summed E-state index contributed by atoms with van der Waals surface area (Å²) in [6, 6.07) is 10.9. The zero-order valence-corrected chi connectivity index (χ0v) is 16.3. The average molecular weight is 394 g/mol. The Balaban J connectivity index is 1.67. The van der Waals surface area contributed by atoms with Gasteiger partial charge in [0.05, 0.1) is 5.69 Å². The monoisotopic (exact) mass is 394 g/mol. The highest BCUT2D eigenvalue weighted by atomic mass is 16.5. The molecule has 0 aliphatic carbocycles. The molecule has 8 heteroatoms. The van der Waals surface area contributed by atoms with Gasteiger partial charge in [0.15, 0.2) is 11.5 Å². The summed E-state index contributed by atoms with van der Waals surface area (Å²) < 4.78 is 12.9. The number of furan rings is 1. The number of amides is 2. The molecule has 0 aliphatic heterocycles. The number of carbonyl (C=O) groups is 2. The van der Waals surface area contributed by atoms with E-state index in [1.807, 2.05) is 30.3 Å². The van der Waals surface area contributed by atoms with Crippen LogP contribution in [0.4, 0.5) is 5.69 Å². The van der Waals surface area contributed by atoms with Gasteiger partial charge in [0, 0.05) is 20.3 Å². The Bertz CT molecular complexity index is 1030. The number of ether oxygens (including phenoxy) is 1. The SMILES string of the molecule is C=CCc1ccccc1OCc1ccc(C(=O)Nc2cn(C)nc2C(=O)NC)o1. The van der Waals surface area contributed by atoms with Gasteiger partial charge >= 0.3 is 0 Å². The second kappa shape index (κ2) is 8.92. The van der Waals surface area contributed by atoms with E-state index in [4.69, 9.17) is 9.15 Å². The summed E-state index contributed by atoms with van der Waals surface area (Å²) in [5, 5.41) is 9.18. The Morgan fingerprint density at radius 1 is 1.24 bits per heavy atom. The largest absolute Gasteiger partial charge is 0.485 e. The highest BCUT2D eigenvalue weighted by molar-refractivity contribution is 6.06. The van der Waals surface area contributed by atoms with E-state index in [9.17, 15) is 9.59 Å². The van der Waals surface area contributed by atoms with E-state index in [-0.39, 0.29) is 18.1 Å². The third kappa shape index (κ3) is 4.73. The minimum Gasteiger partial charge on any atom is -0.485 e. The first kappa shape index (κ1) is 19.9. The van der Waals surface area contributed by atoms with Crippen molar-refractivity contribution in [2.75, 3.05) is 12.4 Å². The lowest BCUT2D eigenvalue weighted by molar-refractivity contribution is 0.0958. The van der Waals surface area contributed by atoms with E-state index in [0.29, 0.717) is 17.9 Å². The Morgan fingerprint density at radius 3 is 2.79 bits per heavy atom. The van der Waals surface area contributed by atoms with Gasteiger partial charge in [0.25, 0.3) is 11.8 Å². The van der Waals surface area contributed by atoms with Gasteiger partial charge in [-0.05, 0) is 30.2 Å². The van der Waals surface area contributed by atoms with Crippen LogP contribution in [0.1, 0.15) is 32.4 Å². The van der Waals surface area contributed by atoms with Crippen LogP contribution in [0.3, 0.4) is 0 Å². The Morgan fingerprint density at radius 2 is 2.03 bits per heavy atom. The van der Waals surface area contributed by atoms with E-state index >= 15 is 0 Å². The molecule has 3 rings (SSSR count). The van der Waals surface area contributed by atoms with Crippen LogP contribution < -0.4 is 15.4 Å². The normalized spacial score (nSPS) is 10.4. The summed E-state index contributed by atoms with van der Waals surface area (Å²) in [6.07, 6.45) is 4.05. The molecule has 0 unspecified atom stereocenters. The Labute approximate surface area is 168 Å². The number of aromatic nitrogens is 2. The van der Waals surface area contributed by atoms with Gasteiger partial charge < -0.3 is 19.8 Å². The van der Waals surface area contributed by atoms with Gasteiger partial charge in [0.1, 0.15) is 18.1 Å². The maximum absolute atomic E-state index is 12.5. The van der Waals surface area contributed by atoms with Gasteiger partial charge in [-0.15, -0.1) is 6.58 Å². The Kier molecular flexibility index (Phi) is 6.13. The van der Waals surface area contributed by atoms with Gasteiger partial charge in [-0.3, -0.25) is 14.3 Å². The fraction of sp³-hybridized carbons (Fsp3) is 0.190. The number of nitrogens with one attached hydrogen (secondary N) is 2. The lowest BCUT2D eigenvalue weighted by Crippen LogP contribution is -2.21. The molecule has 0 fully saturated rings. The number of carbonyl (C=O) groups excluding carboxylic acids is 2. The van der Waals surface area contributed by atoms with Crippen molar-refractivity contribution in [3.05, 3.63) is 78.0 Å². The predicted molar refractivity (Wildman–Crippen MR) is 108 cm³/mol. The summed E-state index contributed by atoms with van der Waals surface area (Å²) in [5.41, 5.74) is 1.44. The number of aryl methyl sites for hydroxylation is 1. The number of benzene rings is 1.